The van der Waals surface area contributed by atoms with Crippen LogP contribution in [0.15, 0.2) is 23.8 Å². The number of halogens is 3. The van der Waals surface area contributed by atoms with Gasteiger partial charge in [0.2, 0.25) is 0 Å². The van der Waals surface area contributed by atoms with Crippen molar-refractivity contribution in [2.45, 2.75) is 25.7 Å². The highest BCUT2D eigenvalue weighted by Gasteiger charge is 2.39. The van der Waals surface area contributed by atoms with Crippen molar-refractivity contribution in [1.82, 2.24) is 9.55 Å². The molecule has 1 unspecified atom stereocenters. The minimum Gasteiger partial charge on any atom is -0.379 e. The maximum atomic E-state index is 12.3. The molecule has 0 aliphatic carbocycles. The average molecular weight is 276 g/mol. The molecule has 0 aliphatic rings. The lowest BCUT2D eigenvalue weighted by Gasteiger charge is -2.12. The Morgan fingerprint density at radius 2 is 2.22 bits per heavy atom. The number of aliphatic hydroxyl groups is 1. The molecule has 0 aromatic carbocycles. The number of rotatable bonds is 3. The van der Waals surface area contributed by atoms with Gasteiger partial charge >= 0.3 is 6.18 Å². The molecule has 0 spiro atoms. The molecule has 2 rings (SSSR count). The summed E-state index contributed by atoms with van der Waals surface area (Å²) in [5, 5.41) is 11.8. The van der Waals surface area contributed by atoms with Crippen LogP contribution in [-0.4, -0.2) is 20.8 Å². The van der Waals surface area contributed by atoms with Crippen LogP contribution in [-0.2, 0) is 6.54 Å². The number of aliphatic hydroxyl groups excluding tert-OH is 1. The van der Waals surface area contributed by atoms with Crippen molar-refractivity contribution >= 4 is 11.3 Å². The van der Waals surface area contributed by atoms with Crippen LogP contribution in [0.1, 0.15) is 22.4 Å². The monoisotopic (exact) mass is 276 g/mol. The van der Waals surface area contributed by atoms with E-state index in [9.17, 15) is 13.2 Å². The SMILES string of the molecule is Cc1csc(Cn2ccc(C(O)C(F)(F)F)c2)n1. The molecule has 0 saturated heterocycles. The van der Waals surface area contributed by atoms with Gasteiger partial charge in [0, 0.05) is 29.0 Å². The molecule has 2 aromatic rings. The first-order valence-electron chi connectivity index (χ1n) is 5.18. The number of hydrogen-bond donors (Lipinski definition) is 1. The molecule has 2 heterocycles. The van der Waals surface area contributed by atoms with E-state index in [4.69, 9.17) is 5.11 Å². The lowest BCUT2D eigenvalue weighted by atomic mass is 10.2. The highest BCUT2D eigenvalue weighted by Crippen LogP contribution is 2.32. The van der Waals surface area contributed by atoms with E-state index in [1.54, 1.807) is 4.57 Å². The summed E-state index contributed by atoms with van der Waals surface area (Å²) >= 11 is 1.45. The van der Waals surface area contributed by atoms with Crippen LogP contribution in [0.25, 0.3) is 0 Å². The fourth-order valence-corrected chi connectivity index (χ4v) is 2.32. The summed E-state index contributed by atoms with van der Waals surface area (Å²) in [7, 11) is 0. The second kappa shape index (κ2) is 4.74. The van der Waals surface area contributed by atoms with Gasteiger partial charge in [-0.3, -0.25) is 0 Å². The molecule has 0 saturated carbocycles. The van der Waals surface area contributed by atoms with Crippen molar-refractivity contribution in [3.63, 3.8) is 0 Å². The van der Waals surface area contributed by atoms with Crippen molar-refractivity contribution in [1.29, 1.82) is 0 Å². The molecular weight excluding hydrogens is 265 g/mol. The summed E-state index contributed by atoms with van der Waals surface area (Å²) in [6.45, 7) is 2.26. The van der Waals surface area contributed by atoms with Crippen LogP contribution in [0.5, 0.6) is 0 Å². The summed E-state index contributed by atoms with van der Waals surface area (Å²) in [5.74, 6) is 0. The van der Waals surface area contributed by atoms with Crippen LogP contribution in [0.3, 0.4) is 0 Å². The lowest BCUT2D eigenvalue weighted by molar-refractivity contribution is -0.206. The summed E-state index contributed by atoms with van der Waals surface area (Å²) in [6, 6.07) is 1.26. The van der Waals surface area contributed by atoms with E-state index in [2.05, 4.69) is 4.98 Å². The average Bonchev–Trinajstić information content (AvgIpc) is 2.86. The highest BCUT2D eigenvalue weighted by atomic mass is 32.1. The summed E-state index contributed by atoms with van der Waals surface area (Å²) in [4.78, 5) is 4.22. The van der Waals surface area contributed by atoms with Crippen molar-refractivity contribution in [3.05, 3.63) is 40.1 Å². The molecular formula is C11H11F3N2OS. The Labute approximate surface area is 106 Å². The number of aromatic nitrogens is 2. The normalized spacial score (nSPS) is 13.8. The third-order valence-corrected chi connectivity index (χ3v) is 3.33. The van der Waals surface area contributed by atoms with E-state index in [0.717, 1.165) is 10.7 Å². The topological polar surface area (TPSA) is 38.0 Å². The number of aryl methyl sites for hydroxylation is 1. The smallest absolute Gasteiger partial charge is 0.379 e. The number of alkyl halides is 3. The zero-order valence-electron chi connectivity index (χ0n) is 9.48. The third kappa shape index (κ3) is 2.91. The van der Waals surface area contributed by atoms with Crippen molar-refractivity contribution in [3.8, 4) is 0 Å². The van der Waals surface area contributed by atoms with Crippen LogP contribution < -0.4 is 0 Å². The molecule has 98 valence electrons. The van der Waals surface area contributed by atoms with E-state index in [0.29, 0.717) is 6.54 Å². The van der Waals surface area contributed by atoms with Crippen LogP contribution >= 0.6 is 11.3 Å². The van der Waals surface area contributed by atoms with Gasteiger partial charge in [0.05, 0.1) is 6.54 Å². The van der Waals surface area contributed by atoms with Crippen molar-refractivity contribution in [2.75, 3.05) is 0 Å². The molecule has 0 amide bonds. The van der Waals surface area contributed by atoms with Gasteiger partial charge in [-0.25, -0.2) is 4.98 Å². The molecule has 3 nitrogen and oxygen atoms in total. The Kier molecular flexibility index (Phi) is 3.45. The van der Waals surface area contributed by atoms with E-state index in [1.807, 2.05) is 12.3 Å². The second-order valence-corrected chi connectivity index (χ2v) is 4.89. The Morgan fingerprint density at radius 1 is 1.50 bits per heavy atom. The number of thiazole rings is 1. The van der Waals surface area contributed by atoms with E-state index in [-0.39, 0.29) is 5.56 Å². The number of nitrogens with zero attached hydrogens (tertiary/aromatic N) is 2. The standard InChI is InChI=1S/C11H11F3N2OS/c1-7-6-18-9(15-7)5-16-3-2-8(4-16)10(17)11(12,13)14/h2-4,6,10,17H,5H2,1H3. The first-order chi connectivity index (χ1) is 8.36. The molecule has 2 aromatic heterocycles. The molecule has 1 atom stereocenters. The van der Waals surface area contributed by atoms with Gasteiger partial charge in [0.1, 0.15) is 5.01 Å². The third-order valence-electron chi connectivity index (χ3n) is 2.38. The summed E-state index contributed by atoms with van der Waals surface area (Å²) in [5.41, 5.74) is 0.730. The van der Waals surface area contributed by atoms with Crippen LogP contribution in [0.4, 0.5) is 13.2 Å². The van der Waals surface area contributed by atoms with E-state index >= 15 is 0 Å². The molecule has 0 radical (unpaired) electrons. The van der Waals surface area contributed by atoms with Gasteiger partial charge < -0.3 is 9.67 Å². The van der Waals surface area contributed by atoms with Gasteiger partial charge in [-0.2, -0.15) is 13.2 Å². The maximum Gasteiger partial charge on any atom is 0.418 e. The van der Waals surface area contributed by atoms with E-state index in [1.165, 1.54) is 29.8 Å². The Morgan fingerprint density at radius 3 is 2.78 bits per heavy atom. The molecule has 0 bridgehead atoms. The van der Waals surface area contributed by atoms with Gasteiger partial charge in [-0.15, -0.1) is 11.3 Å². The van der Waals surface area contributed by atoms with Crippen molar-refractivity contribution < 1.29 is 18.3 Å². The van der Waals surface area contributed by atoms with Crippen molar-refractivity contribution in [2.24, 2.45) is 0 Å². The van der Waals surface area contributed by atoms with Gasteiger partial charge in [0.25, 0.3) is 0 Å². The molecule has 0 fully saturated rings. The largest absolute Gasteiger partial charge is 0.418 e. The maximum absolute atomic E-state index is 12.3. The summed E-state index contributed by atoms with van der Waals surface area (Å²) in [6.07, 6.45) is -4.28. The quantitative estimate of drug-likeness (QED) is 0.936. The highest BCUT2D eigenvalue weighted by molar-refractivity contribution is 7.09. The first kappa shape index (κ1) is 13.1. The minimum absolute atomic E-state index is 0.157. The fourth-order valence-electron chi connectivity index (χ4n) is 1.54. The van der Waals surface area contributed by atoms with Gasteiger partial charge in [0.15, 0.2) is 6.10 Å². The van der Waals surface area contributed by atoms with Crippen LogP contribution in [0, 0.1) is 6.92 Å². The van der Waals surface area contributed by atoms with Gasteiger partial charge in [-0.1, -0.05) is 0 Å². The van der Waals surface area contributed by atoms with Gasteiger partial charge in [-0.05, 0) is 13.0 Å². The summed E-state index contributed by atoms with van der Waals surface area (Å²) < 4.78 is 38.5. The van der Waals surface area contributed by atoms with E-state index < -0.39 is 12.3 Å². The Balaban J connectivity index is 2.11. The fraction of sp³-hybridized carbons (Fsp3) is 0.364. The molecule has 18 heavy (non-hydrogen) atoms. The number of hydrogen-bond acceptors (Lipinski definition) is 3. The molecule has 0 aliphatic heterocycles. The molecule has 1 N–H and O–H groups in total. The molecule has 7 heteroatoms. The second-order valence-electron chi connectivity index (χ2n) is 3.94. The first-order valence-corrected chi connectivity index (χ1v) is 6.05. The zero-order valence-corrected chi connectivity index (χ0v) is 10.3. The van der Waals surface area contributed by atoms with Crippen LogP contribution in [0.2, 0.25) is 0 Å². The Bertz CT molecular complexity index is 532. The predicted molar refractivity (Wildman–Crippen MR) is 61.4 cm³/mol. The minimum atomic E-state index is -4.63. The zero-order chi connectivity index (χ0) is 13.3. The predicted octanol–water partition coefficient (Wildman–Crippen LogP) is 2.90. The Hall–Kier alpha value is -1.34. The lowest BCUT2D eigenvalue weighted by Crippen LogP contribution is -2.19.